The molecule has 0 unspecified atom stereocenters. The molecule has 1 aromatic carbocycles. The summed E-state index contributed by atoms with van der Waals surface area (Å²) in [5.74, 6) is -1.63. The van der Waals surface area contributed by atoms with E-state index in [0.29, 0.717) is 0 Å². The molecule has 0 amide bonds. The summed E-state index contributed by atoms with van der Waals surface area (Å²) in [6.07, 6.45) is 1.29. The van der Waals surface area contributed by atoms with E-state index >= 15 is 0 Å². The zero-order chi connectivity index (χ0) is 10.8. The van der Waals surface area contributed by atoms with Crippen molar-refractivity contribution >= 4 is 5.97 Å². The molecular formula is C10H7FN2O2. The van der Waals surface area contributed by atoms with Crippen LogP contribution in [0.1, 0.15) is 10.5 Å². The number of benzene rings is 1. The van der Waals surface area contributed by atoms with Crippen LogP contribution in [0.25, 0.3) is 11.1 Å². The standard InChI is InChI=1S/C10H7FN2O2/c11-8-4-2-1-3-6(8)7-5-12-13-9(7)10(14)15/h1-5H,(H,12,13)(H,14,15). The van der Waals surface area contributed by atoms with Gasteiger partial charge in [0.2, 0.25) is 0 Å². The van der Waals surface area contributed by atoms with Crippen molar-refractivity contribution in [3.8, 4) is 11.1 Å². The number of hydrogen-bond acceptors (Lipinski definition) is 2. The lowest BCUT2D eigenvalue weighted by Crippen LogP contribution is -1.99. The Morgan fingerprint density at radius 1 is 1.33 bits per heavy atom. The number of H-pyrrole nitrogens is 1. The van der Waals surface area contributed by atoms with Crippen LogP contribution in [0.3, 0.4) is 0 Å². The van der Waals surface area contributed by atoms with Crippen LogP contribution >= 0.6 is 0 Å². The molecule has 0 saturated carbocycles. The Kier molecular flexibility index (Phi) is 2.21. The van der Waals surface area contributed by atoms with E-state index < -0.39 is 11.8 Å². The SMILES string of the molecule is O=C(O)c1[nH]ncc1-c1ccccc1F. The Labute approximate surface area is 84.4 Å². The van der Waals surface area contributed by atoms with Crippen molar-refractivity contribution in [3.63, 3.8) is 0 Å². The van der Waals surface area contributed by atoms with Crippen LogP contribution < -0.4 is 0 Å². The number of halogens is 1. The van der Waals surface area contributed by atoms with Crippen molar-refractivity contribution in [2.45, 2.75) is 0 Å². The minimum absolute atomic E-state index is 0.111. The molecule has 0 aliphatic carbocycles. The maximum atomic E-state index is 13.4. The highest BCUT2D eigenvalue weighted by Crippen LogP contribution is 2.24. The summed E-state index contributed by atoms with van der Waals surface area (Å²) < 4.78 is 13.4. The van der Waals surface area contributed by atoms with E-state index in [0.717, 1.165) is 0 Å². The lowest BCUT2D eigenvalue weighted by atomic mass is 10.1. The molecule has 0 fully saturated rings. The largest absolute Gasteiger partial charge is 0.477 e. The molecule has 5 heteroatoms. The lowest BCUT2D eigenvalue weighted by molar-refractivity contribution is 0.0691. The van der Waals surface area contributed by atoms with Crippen molar-refractivity contribution in [2.24, 2.45) is 0 Å². The fourth-order valence-electron chi connectivity index (χ4n) is 1.33. The highest BCUT2D eigenvalue weighted by Gasteiger charge is 2.16. The normalized spacial score (nSPS) is 10.2. The first-order valence-electron chi connectivity index (χ1n) is 4.21. The molecule has 0 spiro atoms. The number of hydrogen-bond donors (Lipinski definition) is 2. The van der Waals surface area contributed by atoms with Gasteiger partial charge in [-0.05, 0) is 6.07 Å². The van der Waals surface area contributed by atoms with Crippen LogP contribution in [0.15, 0.2) is 30.5 Å². The first-order chi connectivity index (χ1) is 7.20. The number of carbonyl (C=O) groups is 1. The zero-order valence-corrected chi connectivity index (χ0v) is 7.57. The van der Waals surface area contributed by atoms with Gasteiger partial charge in [-0.2, -0.15) is 5.10 Å². The van der Waals surface area contributed by atoms with Crippen LogP contribution in [-0.4, -0.2) is 21.3 Å². The average molecular weight is 206 g/mol. The monoisotopic (exact) mass is 206 g/mol. The van der Waals surface area contributed by atoms with Crippen LogP contribution in [-0.2, 0) is 0 Å². The van der Waals surface area contributed by atoms with E-state index in [4.69, 9.17) is 5.11 Å². The molecule has 0 atom stereocenters. The van der Waals surface area contributed by atoms with Crippen LogP contribution in [0, 0.1) is 5.82 Å². The fraction of sp³-hybridized carbons (Fsp3) is 0. The van der Waals surface area contributed by atoms with Gasteiger partial charge in [-0.3, -0.25) is 5.10 Å². The number of carboxylic acid groups (broad SMARTS) is 1. The van der Waals surface area contributed by atoms with Gasteiger partial charge in [-0.1, -0.05) is 18.2 Å². The summed E-state index contributed by atoms with van der Waals surface area (Å²) >= 11 is 0. The molecule has 1 heterocycles. The van der Waals surface area contributed by atoms with Gasteiger partial charge in [-0.25, -0.2) is 9.18 Å². The van der Waals surface area contributed by atoms with Crippen molar-refractivity contribution in [1.82, 2.24) is 10.2 Å². The number of aromatic carboxylic acids is 1. The molecule has 0 bridgehead atoms. The van der Waals surface area contributed by atoms with Crippen molar-refractivity contribution in [3.05, 3.63) is 42.0 Å². The van der Waals surface area contributed by atoms with E-state index in [2.05, 4.69) is 10.2 Å². The highest BCUT2D eigenvalue weighted by molar-refractivity contribution is 5.93. The molecule has 0 saturated heterocycles. The predicted octanol–water partition coefficient (Wildman–Crippen LogP) is 1.91. The minimum atomic E-state index is -1.16. The van der Waals surface area contributed by atoms with Gasteiger partial charge >= 0.3 is 5.97 Å². The third kappa shape index (κ3) is 1.59. The summed E-state index contributed by atoms with van der Waals surface area (Å²) in [7, 11) is 0. The van der Waals surface area contributed by atoms with Crippen molar-refractivity contribution in [2.75, 3.05) is 0 Å². The Morgan fingerprint density at radius 3 is 2.73 bits per heavy atom. The highest BCUT2D eigenvalue weighted by atomic mass is 19.1. The minimum Gasteiger partial charge on any atom is -0.477 e. The van der Waals surface area contributed by atoms with Gasteiger partial charge in [0.1, 0.15) is 5.82 Å². The van der Waals surface area contributed by atoms with E-state index in [9.17, 15) is 9.18 Å². The molecule has 2 aromatic rings. The summed E-state index contributed by atoms with van der Waals surface area (Å²) in [6.45, 7) is 0. The molecule has 76 valence electrons. The fourth-order valence-corrected chi connectivity index (χ4v) is 1.33. The number of aromatic nitrogens is 2. The quantitative estimate of drug-likeness (QED) is 0.788. The Morgan fingerprint density at radius 2 is 2.07 bits per heavy atom. The van der Waals surface area contributed by atoms with Gasteiger partial charge in [0.15, 0.2) is 5.69 Å². The summed E-state index contributed by atoms with van der Waals surface area (Å²) in [5.41, 5.74) is 0.365. The van der Waals surface area contributed by atoms with E-state index in [1.54, 1.807) is 12.1 Å². The predicted molar refractivity (Wildman–Crippen MR) is 50.9 cm³/mol. The smallest absolute Gasteiger partial charge is 0.354 e. The van der Waals surface area contributed by atoms with Gasteiger partial charge in [-0.15, -0.1) is 0 Å². The molecule has 0 aliphatic heterocycles. The molecule has 2 N–H and O–H groups in total. The first-order valence-corrected chi connectivity index (χ1v) is 4.21. The molecule has 2 rings (SSSR count). The van der Waals surface area contributed by atoms with E-state index in [1.807, 2.05) is 0 Å². The Bertz CT molecular complexity index is 508. The first kappa shape index (κ1) is 9.39. The summed E-state index contributed by atoms with van der Waals surface area (Å²) in [6, 6.07) is 5.96. The maximum Gasteiger partial charge on any atom is 0.354 e. The molecule has 0 radical (unpaired) electrons. The summed E-state index contributed by atoms with van der Waals surface area (Å²) in [5, 5.41) is 14.7. The second-order valence-electron chi connectivity index (χ2n) is 2.94. The number of nitrogens with one attached hydrogen (secondary N) is 1. The lowest BCUT2D eigenvalue weighted by Gasteiger charge is -2.00. The number of rotatable bonds is 2. The van der Waals surface area contributed by atoms with Crippen molar-refractivity contribution in [1.29, 1.82) is 0 Å². The molecule has 1 aromatic heterocycles. The Balaban J connectivity index is 2.59. The van der Waals surface area contributed by atoms with Gasteiger partial charge in [0, 0.05) is 11.1 Å². The third-order valence-corrected chi connectivity index (χ3v) is 2.02. The summed E-state index contributed by atoms with van der Waals surface area (Å²) in [4.78, 5) is 10.8. The van der Waals surface area contributed by atoms with Gasteiger partial charge in [0.25, 0.3) is 0 Å². The van der Waals surface area contributed by atoms with E-state index in [-0.39, 0.29) is 16.8 Å². The third-order valence-electron chi connectivity index (χ3n) is 2.02. The van der Waals surface area contributed by atoms with Gasteiger partial charge in [0.05, 0.1) is 6.20 Å². The topological polar surface area (TPSA) is 66.0 Å². The van der Waals surface area contributed by atoms with E-state index in [1.165, 1.54) is 18.3 Å². The van der Waals surface area contributed by atoms with Crippen molar-refractivity contribution < 1.29 is 14.3 Å². The van der Waals surface area contributed by atoms with Gasteiger partial charge < -0.3 is 5.11 Å². The molecular weight excluding hydrogens is 199 g/mol. The number of carboxylic acids is 1. The number of nitrogens with zero attached hydrogens (tertiary/aromatic N) is 1. The average Bonchev–Trinajstić information content (AvgIpc) is 2.67. The molecule has 0 aliphatic rings. The molecule has 15 heavy (non-hydrogen) atoms. The number of aromatic amines is 1. The van der Waals surface area contributed by atoms with Crippen LogP contribution in [0.2, 0.25) is 0 Å². The second-order valence-corrected chi connectivity index (χ2v) is 2.94. The second kappa shape index (κ2) is 3.53. The molecule has 4 nitrogen and oxygen atoms in total. The maximum absolute atomic E-state index is 13.4. The van der Waals surface area contributed by atoms with Crippen LogP contribution in [0.5, 0.6) is 0 Å². The zero-order valence-electron chi connectivity index (χ0n) is 7.57. The Hall–Kier alpha value is -2.17. The van der Waals surface area contributed by atoms with Crippen LogP contribution in [0.4, 0.5) is 4.39 Å².